The number of benzene rings is 1. The van der Waals surface area contributed by atoms with Crippen LogP contribution in [0.15, 0.2) is 36.8 Å². The van der Waals surface area contributed by atoms with E-state index in [9.17, 15) is 9.18 Å². The predicted molar refractivity (Wildman–Crippen MR) is 170 cm³/mol. The van der Waals surface area contributed by atoms with Crippen LogP contribution in [0.5, 0.6) is 6.01 Å². The first-order valence-electron chi connectivity index (χ1n) is 16.4. The number of rotatable bonds is 9. The molecule has 2 saturated carbocycles. The fourth-order valence-corrected chi connectivity index (χ4v) is 7.92. The van der Waals surface area contributed by atoms with E-state index in [0.29, 0.717) is 36.2 Å². The van der Waals surface area contributed by atoms with E-state index in [1.165, 1.54) is 35.3 Å². The summed E-state index contributed by atoms with van der Waals surface area (Å²) in [5.41, 5.74) is 3.75. The number of piperazine rings is 1. The quantitative estimate of drug-likeness (QED) is 0.240. The number of halogens is 2. The number of pyridine rings is 1. The molecule has 8 rings (SSSR count). The van der Waals surface area contributed by atoms with Gasteiger partial charge in [-0.15, -0.1) is 0 Å². The van der Waals surface area contributed by atoms with Crippen LogP contribution in [0, 0.1) is 23.7 Å². The molecule has 4 heterocycles. The first-order chi connectivity index (χ1) is 22.3. The molecule has 4 fully saturated rings. The van der Waals surface area contributed by atoms with Crippen LogP contribution in [-0.2, 0) is 11.2 Å². The summed E-state index contributed by atoms with van der Waals surface area (Å²) in [7, 11) is 0. The minimum atomic E-state index is -1.06. The molecule has 0 spiro atoms. The molecular weight excluding hydrogens is 588 g/mol. The molecule has 0 radical (unpaired) electrons. The van der Waals surface area contributed by atoms with Gasteiger partial charge in [0.15, 0.2) is 11.6 Å². The lowest BCUT2D eigenvalue weighted by atomic mass is 9.96. The lowest BCUT2D eigenvalue weighted by Crippen LogP contribution is -2.56. The molecule has 3 aliphatic carbocycles. The summed E-state index contributed by atoms with van der Waals surface area (Å²) in [6, 6.07) is 5.59. The van der Waals surface area contributed by atoms with E-state index < -0.39 is 23.6 Å². The van der Waals surface area contributed by atoms with Crippen molar-refractivity contribution >= 4 is 22.6 Å². The molecular formula is C35H37F2N7O2. The maximum atomic E-state index is 16.7. The Bertz CT molecular complexity index is 1780. The second-order valence-electron chi connectivity index (χ2n) is 13.8. The Hall–Kier alpha value is -4.17. The zero-order valence-corrected chi connectivity index (χ0v) is 25.9. The van der Waals surface area contributed by atoms with Crippen LogP contribution in [-0.4, -0.2) is 89.1 Å². The molecule has 3 atom stereocenters. The maximum absolute atomic E-state index is 16.7. The summed E-state index contributed by atoms with van der Waals surface area (Å²) in [5.74, 6) is -0.735. The highest BCUT2D eigenvalue weighted by atomic mass is 19.1. The molecule has 5 aliphatic rings. The zero-order valence-electron chi connectivity index (χ0n) is 25.9. The summed E-state index contributed by atoms with van der Waals surface area (Å²) in [4.78, 5) is 35.9. The van der Waals surface area contributed by atoms with E-state index in [-0.39, 0.29) is 42.3 Å². The van der Waals surface area contributed by atoms with Gasteiger partial charge >= 0.3 is 6.01 Å². The first kappa shape index (κ1) is 29.2. The molecule has 0 bridgehead atoms. The smallest absolute Gasteiger partial charge is 0.319 e. The average molecular weight is 626 g/mol. The Morgan fingerprint density at radius 3 is 2.76 bits per heavy atom. The molecule has 2 saturated heterocycles. The molecule has 9 nitrogen and oxygen atoms in total. The van der Waals surface area contributed by atoms with Crippen LogP contribution in [0.3, 0.4) is 0 Å². The van der Waals surface area contributed by atoms with Crippen LogP contribution >= 0.6 is 0 Å². The highest BCUT2D eigenvalue weighted by Gasteiger charge is 2.47. The van der Waals surface area contributed by atoms with Crippen LogP contribution in [0.25, 0.3) is 27.0 Å². The predicted octanol–water partition coefficient (Wildman–Crippen LogP) is 5.16. The van der Waals surface area contributed by atoms with Gasteiger partial charge in [-0.25, -0.2) is 15.4 Å². The summed E-state index contributed by atoms with van der Waals surface area (Å²) in [6.45, 7) is 14.9. The van der Waals surface area contributed by atoms with Gasteiger partial charge in [-0.05, 0) is 74.6 Å². The molecule has 2 aliphatic heterocycles. The zero-order chi connectivity index (χ0) is 31.6. The van der Waals surface area contributed by atoms with Gasteiger partial charge < -0.3 is 24.3 Å². The first-order valence-corrected chi connectivity index (χ1v) is 16.4. The van der Waals surface area contributed by atoms with Gasteiger partial charge in [0.1, 0.15) is 23.1 Å². The SMILES string of the molecule is [C-]#[N+]C[C@H]1CN(c2nc(OCC3(CN4CCCC4)CC3)nc3c(F)c(-c4cccc5c4CC4CC54)ncc23)CCN1C(=O)C(=C)F. The highest BCUT2D eigenvalue weighted by molar-refractivity contribution is 5.93. The number of anilines is 1. The summed E-state index contributed by atoms with van der Waals surface area (Å²) >= 11 is 0. The van der Waals surface area contributed by atoms with Gasteiger partial charge in [0, 0.05) is 43.4 Å². The number of ether oxygens (including phenoxy) is 1. The fraction of sp³-hybridized carbons (Fsp3) is 0.514. The van der Waals surface area contributed by atoms with E-state index in [2.05, 4.69) is 32.4 Å². The summed E-state index contributed by atoms with van der Waals surface area (Å²) in [6.07, 6.45) is 8.36. The Morgan fingerprint density at radius 2 is 2.00 bits per heavy atom. The minimum absolute atomic E-state index is 0.0151. The molecule has 11 heteroatoms. The van der Waals surface area contributed by atoms with E-state index >= 15 is 4.39 Å². The number of hydrogen-bond donors (Lipinski definition) is 0. The average Bonchev–Trinajstić information content (AvgIpc) is 3.91. The largest absolute Gasteiger partial charge is 0.463 e. The topological polar surface area (TPSA) is 79.1 Å². The second kappa shape index (κ2) is 11.3. The van der Waals surface area contributed by atoms with Crippen molar-refractivity contribution in [3.63, 3.8) is 0 Å². The monoisotopic (exact) mass is 625 g/mol. The number of carbonyl (C=O) groups is 1. The fourth-order valence-electron chi connectivity index (χ4n) is 7.92. The number of nitrogens with zero attached hydrogens (tertiary/aromatic N) is 7. The Labute approximate surface area is 267 Å². The normalized spacial score (nSPS) is 24.4. The van der Waals surface area contributed by atoms with Crippen molar-refractivity contribution in [2.75, 3.05) is 57.3 Å². The number of likely N-dealkylation sites (tertiary alicyclic amines) is 1. The molecule has 2 aromatic heterocycles. The Balaban J connectivity index is 1.16. The Morgan fingerprint density at radius 1 is 1.17 bits per heavy atom. The van der Waals surface area contributed by atoms with Crippen LogP contribution in [0.4, 0.5) is 14.6 Å². The van der Waals surface area contributed by atoms with Gasteiger partial charge in [0.05, 0.1) is 12.0 Å². The molecule has 0 N–H and O–H groups in total. The molecule has 3 aromatic rings. The Kier molecular flexibility index (Phi) is 7.16. The van der Waals surface area contributed by atoms with Crippen molar-refractivity contribution < 1.29 is 18.3 Å². The van der Waals surface area contributed by atoms with Crippen molar-refractivity contribution in [1.29, 1.82) is 0 Å². The van der Waals surface area contributed by atoms with Gasteiger partial charge in [0.25, 0.3) is 5.91 Å². The van der Waals surface area contributed by atoms with Gasteiger partial charge in [-0.2, -0.15) is 9.97 Å². The molecule has 1 aromatic carbocycles. The van der Waals surface area contributed by atoms with Crippen LogP contribution in [0.1, 0.15) is 49.1 Å². The van der Waals surface area contributed by atoms with Crippen molar-refractivity contribution in [2.45, 2.75) is 50.5 Å². The van der Waals surface area contributed by atoms with Gasteiger partial charge in [0.2, 0.25) is 6.54 Å². The van der Waals surface area contributed by atoms with E-state index in [1.807, 2.05) is 17.0 Å². The third-order valence-electron chi connectivity index (χ3n) is 10.7. The van der Waals surface area contributed by atoms with Crippen molar-refractivity contribution in [3.8, 4) is 17.3 Å². The van der Waals surface area contributed by atoms with E-state index in [1.54, 1.807) is 6.20 Å². The standard InChI is InChI=1S/C35H37F2N7O2/c1-21(36)33(45)44-13-12-43(18-23(44)16-38-2)32-28-17-39-30(25-7-5-6-24-26-14-22(26)15-27(24)25)29(37)31(28)40-34(41-32)46-20-35(8-9-35)19-42-10-3-4-11-42/h5-7,17,22-23,26H,1,3-4,8-16,18-20H2/t22?,23-,26?/m0/s1. The number of fused-ring (bicyclic) bond motifs is 4. The molecule has 46 heavy (non-hydrogen) atoms. The third-order valence-corrected chi connectivity index (χ3v) is 10.7. The lowest BCUT2D eigenvalue weighted by Gasteiger charge is -2.39. The van der Waals surface area contributed by atoms with Crippen LogP contribution in [0.2, 0.25) is 0 Å². The van der Waals surface area contributed by atoms with Crippen molar-refractivity contribution in [3.05, 3.63) is 65.2 Å². The van der Waals surface area contributed by atoms with E-state index in [4.69, 9.17) is 16.3 Å². The van der Waals surface area contributed by atoms with E-state index in [0.717, 1.165) is 44.5 Å². The molecule has 2 unspecified atom stereocenters. The number of hydrogen-bond acceptors (Lipinski definition) is 7. The number of amides is 1. The molecule has 1 amide bonds. The number of aromatic nitrogens is 3. The van der Waals surface area contributed by atoms with Gasteiger partial charge in [-0.3, -0.25) is 9.78 Å². The maximum Gasteiger partial charge on any atom is 0.319 e. The lowest BCUT2D eigenvalue weighted by molar-refractivity contribution is -0.131. The minimum Gasteiger partial charge on any atom is -0.463 e. The third kappa shape index (κ3) is 5.16. The van der Waals surface area contributed by atoms with Crippen molar-refractivity contribution in [1.82, 2.24) is 24.8 Å². The molecule has 238 valence electrons. The highest BCUT2D eigenvalue weighted by Crippen LogP contribution is 2.58. The second-order valence-corrected chi connectivity index (χ2v) is 13.8. The van der Waals surface area contributed by atoms with Crippen LogP contribution < -0.4 is 9.64 Å². The van der Waals surface area contributed by atoms with Gasteiger partial charge in [-0.1, -0.05) is 24.8 Å². The summed E-state index contributed by atoms with van der Waals surface area (Å²) in [5, 5.41) is 0.429. The summed E-state index contributed by atoms with van der Waals surface area (Å²) < 4.78 is 36.8. The number of carbonyl (C=O) groups excluding carboxylic acids is 1. The van der Waals surface area contributed by atoms with Crippen molar-refractivity contribution in [2.24, 2.45) is 11.3 Å².